The maximum Gasteiger partial charge on any atom is 0.257 e. The fraction of sp³-hybridized carbons (Fsp3) is 0.263. The number of hydrogen-bond donors (Lipinski definition) is 3. The van der Waals surface area contributed by atoms with Crippen molar-refractivity contribution in [2.24, 2.45) is 5.73 Å². The number of carbonyl (C=O) groups is 2. The number of aromatic nitrogens is 2. The van der Waals surface area contributed by atoms with Crippen LogP contribution in [0.3, 0.4) is 0 Å². The number of carbonyl (C=O) groups excluding carboxylic acids is 2. The molecule has 1 aliphatic rings. The van der Waals surface area contributed by atoms with Crippen LogP contribution in [0.5, 0.6) is 11.5 Å². The molecular weight excluding hydrogens is 396 g/mol. The highest BCUT2D eigenvalue weighted by molar-refractivity contribution is 7.99. The van der Waals surface area contributed by atoms with Crippen LogP contribution in [0, 0.1) is 0 Å². The van der Waals surface area contributed by atoms with E-state index >= 15 is 0 Å². The first-order chi connectivity index (χ1) is 13.9. The number of anilines is 1. The minimum atomic E-state index is -0.614. The SMILES string of the molecule is C=CCSc1nc2c(c(=O)[nH]1)[C@@H](c1ccc(OCC(N)=O)c(OC)c1)CC(=O)N2. The summed E-state index contributed by atoms with van der Waals surface area (Å²) in [6, 6.07) is 4.99. The molecule has 0 saturated heterocycles. The van der Waals surface area contributed by atoms with Gasteiger partial charge in [0, 0.05) is 18.1 Å². The number of hydrogen-bond acceptors (Lipinski definition) is 7. The average molecular weight is 416 g/mol. The van der Waals surface area contributed by atoms with Crippen molar-refractivity contribution >= 4 is 29.4 Å². The Balaban J connectivity index is 2.00. The molecule has 9 nitrogen and oxygen atoms in total. The number of ether oxygens (including phenoxy) is 2. The fourth-order valence-corrected chi connectivity index (χ4v) is 3.61. The van der Waals surface area contributed by atoms with Crippen LogP contribution in [-0.4, -0.2) is 41.3 Å². The third kappa shape index (κ3) is 4.60. The highest BCUT2D eigenvalue weighted by Crippen LogP contribution is 2.38. The molecule has 2 amide bonds. The molecule has 1 aliphatic heterocycles. The number of amides is 2. The molecule has 4 N–H and O–H groups in total. The second-order valence-electron chi connectivity index (χ2n) is 6.20. The number of rotatable bonds is 8. The lowest BCUT2D eigenvalue weighted by atomic mass is 9.86. The van der Waals surface area contributed by atoms with Crippen LogP contribution < -0.4 is 26.1 Å². The molecule has 2 aromatic rings. The van der Waals surface area contributed by atoms with Crippen molar-refractivity contribution in [1.29, 1.82) is 0 Å². The van der Waals surface area contributed by atoms with Crippen molar-refractivity contribution in [3.05, 3.63) is 52.3 Å². The monoisotopic (exact) mass is 416 g/mol. The van der Waals surface area contributed by atoms with Gasteiger partial charge in [-0.25, -0.2) is 4.98 Å². The van der Waals surface area contributed by atoms with Gasteiger partial charge in [0.15, 0.2) is 23.3 Å². The van der Waals surface area contributed by atoms with Crippen LogP contribution >= 0.6 is 11.8 Å². The number of primary amides is 1. The summed E-state index contributed by atoms with van der Waals surface area (Å²) in [5.41, 5.74) is 5.84. The second kappa shape index (κ2) is 8.82. The first kappa shape index (κ1) is 20.5. The predicted molar refractivity (Wildman–Crippen MR) is 109 cm³/mol. The lowest BCUT2D eigenvalue weighted by Crippen LogP contribution is -2.31. The van der Waals surface area contributed by atoms with E-state index in [1.165, 1.54) is 18.9 Å². The summed E-state index contributed by atoms with van der Waals surface area (Å²) in [5.74, 6) is 0.146. The normalized spacial score (nSPS) is 15.2. The Morgan fingerprint density at radius 3 is 2.90 bits per heavy atom. The van der Waals surface area contributed by atoms with Crippen molar-refractivity contribution in [3.8, 4) is 11.5 Å². The van der Waals surface area contributed by atoms with Crippen molar-refractivity contribution < 1.29 is 19.1 Å². The molecule has 2 heterocycles. The van der Waals surface area contributed by atoms with Gasteiger partial charge >= 0.3 is 0 Å². The zero-order valence-corrected chi connectivity index (χ0v) is 16.5. The van der Waals surface area contributed by atoms with Gasteiger partial charge in [0.25, 0.3) is 11.5 Å². The largest absolute Gasteiger partial charge is 0.493 e. The Hall–Kier alpha value is -3.27. The molecule has 0 spiro atoms. The van der Waals surface area contributed by atoms with Gasteiger partial charge in [0.1, 0.15) is 5.82 Å². The Kier molecular flexibility index (Phi) is 6.23. The van der Waals surface area contributed by atoms with Gasteiger partial charge < -0.3 is 25.5 Å². The summed E-state index contributed by atoms with van der Waals surface area (Å²) < 4.78 is 10.7. The van der Waals surface area contributed by atoms with E-state index < -0.39 is 11.8 Å². The molecule has 0 saturated carbocycles. The maximum absolute atomic E-state index is 12.7. The van der Waals surface area contributed by atoms with E-state index in [1.54, 1.807) is 24.3 Å². The van der Waals surface area contributed by atoms with Crippen molar-refractivity contribution in [2.45, 2.75) is 17.5 Å². The quantitative estimate of drug-likeness (QED) is 0.336. The maximum atomic E-state index is 12.7. The van der Waals surface area contributed by atoms with Crippen molar-refractivity contribution in [1.82, 2.24) is 9.97 Å². The number of thioether (sulfide) groups is 1. The fourth-order valence-electron chi connectivity index (χ4n) is 3.01. The van der Waals surface area contributed by atoms with E-state index in [-0.39, 0.29) is 30.3 Å². The van der Waals surface area contributed by atoms with Crippen LogP contribution in [0.15, 0.2) is 40.8 Å². The summed E-state index contributed by atoms with van der Waals surface area (Å²) in [6.07, 6.45) is 1.78. The van der Waals surface area contributed by atoms with E-state index in [0.29, 0.717) is 33.5 Å². The van der Waals surface area contributed by atoms with E-state index in [0.717, 1.165) is 0 Å². The summed E-state index contributed by atoms with van der Waals surface area (Å²) in [5, 5.41) is 3.08. The third-order valence-electron chi connectivity index (χ3n) is 4.23. The van der Waals surface area contributed by atoms with Crippen LogP contribution in [0.2, 0.25) is 0 Å². The lowest BCUT2D eigenvalue weighted by molar-refractivity contribution is -0.120. The Morgan fingerprint density at radius 2 is 2.21 bits per heavy atom. The predicted octanol–water partition coefficient (Wildman–Crippen LogP) is 1.39. The number of aromatic amines is 1. The zero-order valence-electron chi connectivity index (χ0n) is 15.7. The van der Waals surface area contributed by atoms with Crippen LogP contribution in [0.25, 0.3) is 0 Å². The van der Waals surface area contributed by atoms with E-state index in [2.05, 4.69) is 21.9 Å². The van der Waals surface area contributed by atoms with Gasteiger partial charge in [-0.15, -0.1) is 6.58 Å². The Morgan fingerprint density at radius 1 is 1.41 bits per heavy atom. The number of fused-ring (bicyclic) bond motifs is 1. The van der Waals surface area contributed by atoms with Gasteiger partial charge in [-0.1, -0.05) is 23.9 Å². The number of nitrogens with two attached hydrogens (primary N) is 1. The molecule has 1 atom stereocenters. The van der Waals surface area contributed by atoms with E-state index in [4.69, 9.17) is 15.2 Å². The Labute approximate surface area is 170 Å². The highest BCUT2D eigenvalue weighted by Gasteiger charge is 2.31. The molecule has 1 aromatic heterocycles. The molecule has 0 aliphatic carbocycles. The third-order valence-corrected chi connectivity index (χ3v) is 5.10. The van der Waals surface area contributed by atoms with Crippen LogP contribution in [-0.2, 0) is 9.59 Å². The molecule has 0 radical (unpaired) electrons. The second-order valence-corrected chi connectivity index (χ2v) is 7.21. The first-order valence-corrected chi connectivity index (χ1v) is 9.68. The van der Waals surface area contributed by atoms with Crippen molar-refractivity contribution in [3.63, 3.8) is 0 Å². The van der Waals surface area contributed by atoms with E-state index in [1.807, 2.05) is 0 Å². The first-order valence-electron chi connectivity index (χ1n) is 8.69. The van der Waals surface area contributed by atoms with Gasteiger partial charge in [0.05, 0.1) is 12.7 Å². The molecule has 10 heteroatoms. The zero-order chi connectivity index (χ0) is 21.0. The summed E-state index contributed by atoms with van der Waals surface area (Å²) in [4.78, 5) is 43.1. The van der Waals surface area contributed by atoms with Crippen LogP contribution in [0.1, 0.15) is 23.5 Å². The molecule has 29 heavy (non-hydrogen) atoms. The van der Waals surface area contributed by atoms with Gasteiger partial charge in [-0.05, 0) is 17.7 Å². The highest BCUT2D eigenvalue weighted by atomic mass is 32.2. The van der Waals surface area contributed by atoms with Crippen LogP contribution in [0.4, 0.5) is 5.82 Å². The average Bonchev–Trinajstić information content (AvgIpc) is 2.69. The molecule has 3 rings (SSSR count). The smallest absolute Gasteiger partial charge is 0.257 e. The Bertz CT molecular complexity index is 1020. The lowest BCUT2D eigenvalue weighted by Gasteiger charge is -2.25. The number of H-pyrrole nitrogens is 1. The minimum Gasteiger partial charge on any atom is -0.493 e. The van der Waals surface area contributed by atoms with E-state index in [9.17, 15) is 14.4 Å². The number of methoxy groups -OCH3 is 1. The summed E-state index contributed by atoms with van der Waals surface area (Å²) >= 11 is 1.31. The summed E-state index contributed by atoms with van der Waals surface area (Å²) in [6.45, 7) is 3.34. The summed E-state index contributed by atoms with van der Waals surface area (Å²) in [7, 11) is 1.45. The van der Waals surface area contributed by atoms with Crippen molar-refractivity contribution in [2.75, 3.05) is 24.8 Å². The standard InChI is InChI=1S/C19H20N4O5S/c1-3-6-29-19-22-17-16(18(26)23-19)11(8-15(25)21-17)10-4-5-12(13(7-10)27-2)28-9-14(20)24/h3-5,7,11H,1,6,8-9H2,2H3,(H2,20,24)(H2,21,22,23,25,26)/t11-/m1/s1. The molecule has 152 valence electrons. The number of nitrogens with one attached hydrogen (secondary N) is 2. The topological polar surface area (TPSA) is 136 Å². The molecule has 0 bridgehead atoms. The van der Waals surface area contributed by atoms with Gasteiger partial charge in [-0.3, -0.25) is 14.4 Å². The molecule has 0 fully saturated rings. The molecule has 1 aromatic carbocycles. The van der Waals surface area contributed by atoms with Gasteiger partial charge in [-0.2, -0.15) is 0 Å². The van der Waals surface area contributed by atoms with Gasteiger partial charge in [0.2, 0.25) is 5.91 Å². The number of benzene rings is 1. The number of nitrogens with zero attached hydrogens (tertiary/aromatic N) is 1. The molecule has 0 unspecified atom stereocenters. The minimum absolute atomic E-state index is 0.0849. The molecular formula is C19H20N4O5S.